The van der Waals surface area contributed by atoms with Crippen LogP contribution in [0.4, 0.5) is 0 Å². The lowest BCUT2D eigenvalue weighted by atomic mass is 10.3. The summed E-state index contributed by atoms with van der Waals surface area (Å²) in [6.07, 6.45) is 1.57. The molecule has 4 nitrogen and oxygen atoms in total. The van der Waals surface area contributed by atoms with Gasteiger partial charge in [0.15, 0.2) is 0 Å². The lowest BCUT2D eigenvalue weighted by molar-refractivity contribution is 0.0505. The second-order valence-corrected chi connectivity index (χ2v) is 2.66. The standard InChI is InChI=1S/C8H14N2O2/c1-6(3-9)8-10-4-7(11-2)5-12-8/h3,7H,4-5,9H2,1-2H3/b6-3-. The summed E-state index contributed by atoms with van der Waals surface area (Å²) >= 11 is 0. The molecule has 68 valence electrons. The summed E-state index contributed by atoms with van der Waals surface area (Å²) in [5.74, 6) is 0.630. The van der Waals surface area contributed by atoms with E-state index in [1.807, 2.05) is 6.92 Å². The van der Waals surface area contributed by atoms with Crippen LogP contribution in [0.15, 0.2) is 16.8 Å². The molecule has 2 N–H and O–H groups in total. The van der Waals surface area contributed by atoms with Crippen molar-refractivity contribution in [1.29, 1.82) is 0 Å². The Morgan fingerprint density at radius 1 is 1.83 bits per heavy atom. The topological polar surface area (TPSA) is 56.8 Å². The molecule has 0 amide bonds. The van der Waals surface area contributed by atoms with Crippen LogP contribution in [0.5, 0.6) is 0 Å². The molecule has 12 heavy (non-hydrogen) atoms. The minimum atomic E-state index is 0.0827. The third-order valence-corrected chi connectivity index (χ3v) is 1.77. The van der Waals surface area contributed by atoms with Gasteiger partial charge in [0.2, 0.25) is 5.90 Å². The van der Waals surface area contributed by atoms with Gasteiger partial charge < -0.3 is 15.2 Å². The molecule has 1 aliphatic heterocycles. The van der Waals surface area contributed by atoms with E-state index in [4.69, 9.17) is 15.2 Å². The zero-order chi connectivity index (χ0) is 8.97. The van der Waals surface area contributed by atoms with Crippen molar-refractivity contribution in [3.63, 3.8) is 0 Å². The summed E-state index contributed by atoms with van der Waals surface area (Å²) in [7, 11) is 1.65. The van der Waals surface area contributed by atoms with Gasteiger partial charge in [0, 0.05) is 18.9 Å². The van der Waals surface area contributed by atoms with E-state index in [2.05, 4.69) is 4.99 Å². The molecule has 4 heteroatoms. The minimum Gasteiger partial charge on any atom is -0.475 e. The van der Waals surface area contributed by atoms with Gasteiger partial charge >= 0.3 is 0 Å². The predicted octanol–water partition coefficient (Wildman–Crippen LogP) is 0.293. The van der Waals surface area contributed by atoms with Crippen LogP contribution in [0, 0.1) is 0 Å². The fourth-order valence-electron chi connectivity index (χ4n) is 0.907. The van der Waals surface area contributed by atoms with Crippen molar-refractivity contribution in [2.75, 3.05) is 20.3 Å². The molecule has 1 rings (SSSR count). The third kappa shape index (κ3) is 1.98. The number of nitrogens with two attached hydrogens (primary N) is 1. The maximum absolute atomic E-state index is 5.32. The van der Waals surface area contributed by atoms with Gasteiger partial charge in [-0.05, 0) is 6.92 Å². The van der Waals surface area contributed by atoms with Crippen LogP contribution in [0.2, 0.25) is 0 Å². The molecule has 0 saturated carbocycles. The lowest BCUT2D eigenvalue weighted by Gasteiger charge is -2.20. The van der Waals surface area contributed by atoms with E-state index in [9.17, 15) is 0 Å². The van der Waals surface area contributed by atoms with E-state index in [1.54, 1.807) is 7.11 Å². The molecule has 0 radical (unpaired) electrons. The molecule has 0 fully saturated rings. The maximum Gasteiger partial charge on any atom is 0.213 e. The number of hydrogen-bond donors (Lipinski definition) is 1. The van der Waals surface area contributed by atoms with E-state index in [0.717, 1.165) is 5.57 Å². The molecule has 0 spiro atoms. The first kappa shape index (κ1) is 9.06. The second-order valence-electron chi connectivity index (χ2n) is 2.66. The molecule has 0 saturated heterocycles. The molecule has 0 bridgehead atoms. The average molecular weight is 170 g/mol. The molecule has 1 unspecified atom stereocenters. The van der Waals surface area contributed by atoms with Gasteiger partial charge in [0.1, 0.15) is 12.7 Å². The fraction of sp³-hybridized carbons (Fsp3) is 0.625. The Bertz CT molecular complexity index is 211. The summed E-state index contributed by atoms with van der Waals surface area (Å²) in [6.45, 7) is 3.07. The maximum atomic E-state index is 5.32. The van der Waals surface area contributed by atoms with Crippen molar-refractivity contribution in [1.82, 2.24) is 0 Å². The lowest BCUT2D eigenvalue weighted by Crippen LogP contribution is -2.29. The highest BCUT2D eigenvalue weighted by Crippen LogP contribution is 2.06. The Morgan fingerprint density at radius 3 is 3.00 bits per heavy atom. The zero-order valence-corrected chi connectivity index (χ0v) is 7.41. The molecule has 1 atom stereocenters. The monoisotopic (exact) mass is 170 g/mol. The Labute approximate surface area is 72.1 Å². The summed E-state index contributed by atoms with van der Waals surface area (Å²) in [4.78, 5) is 4.17. The third-order valence-electron chi connectivity index (χ3n) is 1.77. The van der Waals surface area contributed by atoms with Gasteiger partial charge in [-0.25, -0.2) is 4.99 Å². The molecule has 0 aliphatic carbocycles. The summed E-state index contributed by atoms with van der Waals surface area (Å²) in [6, 6.07) is 0. The summed E-state index contributed by atoms with van der Waals surface area (Å²) < 4.78 is 10.4. The van der Waals surface area contributed by atoms with Gasteiger partial charge in [-0.15, -0.1) is 0 Å². The molecular formula is C8H14N2O2. The van der Waals surface area contributed by atoms with Crippen LogP contribution < -0.4 is 5.73 Å². The van der Waals surface area contributed by atoms with E-state index in [0.29, 0.717) is 19.0 Å². The molecule has 0 aromatic carbocycles. The van der Waals surface area contributed by atoms with E-state index >= 15 is 0 Å². The average Bonchev–Trinajstić information content (AvgIpc) is 2.17. The first-order valence-electron chi connectivity index (χ1n) is 3.87. The number of rotatable bonds is 2. The highest BCUT2D eigenvalue weighted by molar-refractivity contribution is 5.93. The van der Waals surface area contributed by atoms with Crippen molar-refractivity contribution in [2.45, 2.75) is 13.0 Å². The normalized spacial score (nSPS) is 24.7. The van der Waals surface area contributed by atoms with Gasteiger partial charge in [0.05, 0.1) is 6.54 Å². The fourth-order valence-corrected chi connectivity index (χ4v) is 0.907. The predicted molar refractivity (Wildman–Crippen MR) is 47.0 cm³/mol. The Balaban J connectivity index is 2.56. The first-order valence-corrected chi connectivity index (χ1v) is 3.87. The van der Waals surface area contributed by atoms with Crippen LogP contribution in [-0.2, 0) is 9.47 Å². The van der Waals surface area contributed by atoms with Crippen LogP contribution in [-0.4, -0.2) is 32.3 Å². The van der Waals surface area contributed by atoms with Gasteiger partial charge in [-0.2, -0.15) is 0 Å². The molecular weight excluding hydrogens is 156 g/mol. The Hall–Kier alpha value is -1.03. The smallest absolute Gasteiger partial charge is 0.213 e. The van der Waals surface area contributed by atoms with Crippen LogP contribution in [0.3, 0.4) is 0 Å². The van der Waals surface area contributed by atoms with Gasteiger partial charge in [-0.1, -0.05) is 0 Å². The van der Waals surface area contributed by atoms with Crippen molar-refractivity contribution < 1.29 is 9.47 Å². The number of hydrogen-bond acceptors (Lipinski definition) is 4. The summed E-state index contributed by atoms with van der Waals surface area (Å²) in [5, 5.41) is 0. The van der Waals surface area contributed by atoms with Gasteiger partial charge in [0.25, 0.3) is 0 Å². The van der Waals surface area contributed by atoms with Gasteiger partial charge in [-0.3, -0.25) is 0 Å². The highest BCUT2D eigenvalue weighted by atomic mass is 16.5. The molecule has 0 aromatic rings. The van der Waals surface area contributed by atoms with Crippen LogP contribution >= 0.6 is 0 Å². The number of methoxy groups -OCH3 is 1. The first-order chi connectivity index (χ1) is 5.77. The Morgan fingerprint density at radius 2 is 2.58 bits per heavy atom. The SMILES string of the molecule is COC1CN=C(/C(C)=C\N)OC1. The number of nitrogens with zero attached hydrogens (tertiary/aromatic N) is 1. The van der Waals surface area contributed by atoms with E-state index in [-0.39, 0.29) is 6.10 Å². The second kappa shape index (κ2) is 4.11. The minimum absolute atomic E-state index is 0.0827. The van der Waals surface area contributed by atoms with Crippen LogP contribution in [0.1, 0.15) is 6.92 Å². The van der Waals surface area contributed by atoms with Crippen molar-refractivity contribution in [3.05, 3.63) is 11.8 Å². The number of aliphatic imine (C=N–C) groups is 1. The molecule has 1 aliphatic rings. The zero-order valence-electron chi connectivity index (χ0n) is 7.41. The highest BCUT2D eigenvalue weighted by Gasteiger charge is 2.16. The van der Waals surface area contributed by atoms with Crippen molar-refractivity contribution in [2.24, 2.45) is 10.7 Å². The van der Waals surface area contributed by atoms with Crippen molar-refractivity contribution >= 4 is 5.90 Å². The molecule has 0 aromatic heterocycles. The van der Waals surface area contributed by atoms with Crippen LogP contribution in [0.25, 0.3) is 0 Å². The van der Waals surface area contributed by atoms with Crippen molar-refractivity contribution in [3.8, 4) is 0 Å². The largest absolute Gasteiger partial charge is 0.475 e. The molecule has 1 heterocycles. The quantitative estimate of drug-likeness (QED) is 0.648. The van der Waals surface area contributed by atoms with E-state index in [1.165, 1.54) is 6.20 Å². The van der Waals surface area contributed by atoms with E-state index < -0.39 is 0 Å². The Kier molecular flexibility index (Phi) is 3.10. The number of ether oxygens (including phenoxy) is 2. The summed E-state index contributed by atoms with van der Waals surface area (Å²) in [5.41, 5.74) is 6.18.